The van der Waals surface area contributed by atoms with Gasteiger partial charge in [-0.15, -0.1) is 0 Å². The van der Waals surface area contributed by atoms with E-state index in [-0.39, 0.29) is 6.61 Å². The molecule has 0 aliphatic rings. The van der Waals surface area contributed by atoms with E-state index in [1.165, 1.54) is 5.69 Å². The molecule has 0 spiro atoms. The maximum atomic E-state index is 10.5. The van der Waals surface area contributed by atoms with Gasteiger partial charge in [0.25, 0.3) is 0 Å². The van der Waals surface area contributed by atoms with E-state index < -0.39 is 6.09 Å². The van der Waals surface area contributed by atoms with Crippen LogP contribution in [0.5, 0.6) is 0 Å². The Bertz CT molecular complexity index is 574. The van der Waals surface area contributed by atoms with Crippen LogP contribution >= 0.6 is 0 Å². The van der Waals surface area contributed by atoms with E-state index in [2.05, 4.69) is 29.2 Å². The van der Waals surface area contributed by atoms with E-state index in [9.17, 15) is 4.79 Å². The van der Waals surface area contributed by atoms with Gasteiger partial charge in [-0.05, 0) is 28.8 Å². The molecule has 2 aromatic rings. The minimum absolute atomic E-state index is 0.204. The maximum Gasteiger partial charge on any atom is 0.404 e. The summed E-state index contributed by atoms with van der Waals surface area (Å²) in [4.78, 5) is 12.6. The number of rotatable bonds is 4. The number of nitrogens with two attached hydrogens (primary N) is 1. The van der Waals surface area contributed by atoms with E-state index in [1.54, 1.807) is 0 Å². The summed E-state index contributed by atoms with van der Waals surface area (Å²) in [5.41, 5.74) is 9.29. The van der Waals surface area contributed by atoms with E-state index >= 15 is 0 Å². The van der Waals surface area contributed by atoms with Gasteiger partial charge < -0.3 is 15.4 Å². The number of carbonyl (C=O) groups excluding carboxylic acids is 1. The molecule has 4 nitrogen and oxygen atoms in total. The molecule has 2 rings (SSSR count). The number of anilines is 1. The van der Waals surface area contributed by atoms with Gasteiger partial charge in [0, 0.05) is 19.8 Å². The zero-order chi connectivity index (χ0) is 14.5. The monoisotopic (exact) mass is 270 g/mol. The summed E-state index contributed by atoms with van der Waals surface area (Å²) in [5.74, 6) is 0. The second-order valence-electron chi connectivity index (χ2n) is 4.75. The first kappa shape index (κ1) is 13.9. The molecule has 104 valence electrons. The van der Waals surface area contributed by atoms with Crippen LogP contribution in [0.4, 0.5) is 10.5 Å². The topological polar surface area (TPSA) is 55.6 Å². The fourth-order valence-corrected chi connectivity index (χ4v) is 1.90. The van der Waals surface area contributed by atoms with Gasteiger partial charge >= 0.3 is 6.09 Å². The highest BCUT2D eigenvalue weighted by Crippen LogP contribution is 2.22. The van der Waals surface area contributed by atoms with E-state index in [4.69, 9.17) is 10.5 Å². The lowest BCUT2D eigenvalue weighted by Gasteiger charge is -2.12. The Morgan fingerprint density at radius 2 is 1.50 bits per heavy atom. The second kappa shape index (κ2) is 6.10. The number of ether oxygens (including phenoxy) is 1. The molecule has 0 fully saturated rings. The van der Waals surface area contributed by atoms with Crippen molar-refractivity contribution in [3.8, 4) is 11.1 Å². The third-order valence-corrected chi connectivity index (χ3v) is 3.05. The van der Waals surface area contributed by atoms with Crippen molar-refractivity contribution in [3.63, 3.8) is 0 Å². The van der Waals surface area contributed by atoms with Gasteiger partial charge in [-0.3, -0.25) is 0 Å². The first-order valence-corrected chi connectivity index (χ1v) is 6.35. The molecular weight excluding hydrogens is 252 g/mol. The van der Waals surface area contributed by atoms with Crippen LogP contribution < -0.4 is 10.6 Å². The molecule has 2 N–H and O–H groups in total. The van der Waals surface area contributed by atoms with Crippen molar-refractivity contribution in [1.29, 1.82) is 0 Å². The summed E-state index contributed by atoms with van der Waals surface area (Å²) < 4.78 is 4.75. The summed E-state index contributed by atoms with van der Waals surface area (Å²) in [6, 6.07) is 16.2. The molecule has 0 aliphatic heterocycles. The van der Waals surface area contributed by atoms with Crippen molar-refractivity contribution in [3.05, 3.63) is 54.1 Å². The first-order valence-electron chi connectivity index (χ1n) is 6.35. The van der Waals surface area contributed by atoms with Crippen LogP contribution in [0.2, 0.25) is 0 Å². The fraction of sp³-hybridized carbons (Fsp3) is 0.188. The number of hydrogen-bond acceptors (Lipinski definition) is 3. The van der Waals surface area contributed by atoms with Crippen molar-refractivity contribution in [2.45, 2.75) is 6.61 Å². The molecule has 0 saturated carbocycles. The fourth-order valence-electron chi connectivity index (χ4n) is 1.90. The summed E-state index contributed by atoms with van der Waals surface area (Å²) in [6.45, 7) is 0.204. The van der Waals surface area contributed by atoms with Crippen LogP contribution in [-0.4, -0.2) is 20.2 Å². The smallest absolute Gasteiger partial charge is 0.404 e. The van der Waals surface area contributed by atoms with E-state index in [1.807, 2.05) is 38.4 Å². The average Bonchev–Trinajstić information content (AvgIpc) is 2.46. The van der Waals surface area contributed by atoms with Gasteiger partial charge in [0.05, 0.1) is 0 Å². The van der Waals surface area contributed by atoms with E-state index in [0.717, 1.165) is 16.7 Å². The average molecular weight is 270 g/mol. The highest BCUT2D eigenvalue weighted by molar-refractivity contribution is 5.67. The molecular formula is C16H18N2O2. The molecule has 2 aromatic carbocycles. The normalized spacial score (nSPS) is 10.1. The SMILES string of the molecule is CN(C)c1ccc(-c2ccc(COC(N)=O)cc2)cc1. The number of primary amides is 1. The Hall–Kier alpha value is -2.49. The summed E-state index contributed by atoms with van der Waals surface area (Å²) in [6.07, 6.45) is -0.756. The lowest BCUT2D eigenvalue weighted by Crippen LogP contribution is -2.12. The van der Waals surface area contributed by atoms with Crippen LogP contribution in [0.1, 0.15) is 5.56 Å². The molecule has 0 unspecified atom stereocenters. The summed E-state index contributed by atoms with van der Waals surface area (Å²) in [5, 5.41) is 0. The van der Waals surface area contributed by atoms with Gasteiger partial charge in [-0.2, -0.15) is 0 Å². The second-order valence-corrected chi connectivity index (χ2v) is 4.75. The van der Waals surface area contributed by atoms with Crippen molar-refractivity contribution in [2.75, 3.05) is 19.0 Å². The molecule has 0 bridgehead atoms. The Morgan fingerprint density at radius 1 is 1.00 bits per heavy atom. The lowest BCUT2D eigenvalue weighted by atomic mass is 10.0. The van der Waals surface area contributed by atoms with Crippen molar-refractivity contribution in [2.24, 2.45) is 5.73 Å². The molecule has 0 saturated heterocycles. The lowest BCUT2D eigenvalue weighted by molar-refractivity contribution is 0.150. The van der Waals surface area contributed by atoms with Crippen LogP contribution in [0.25, 0.3) is 11.1 Å². The zero-order valence-corrected chi connectivity index (χ0v) is 11.7. The molecule has 4 heteroatoms. The molecule has 0 atom stereocenters. The number of benzene rings is 2. The predicted molar refractivity (Wildman–Crippen MR) is 80.6 cm³/mol. The molecule has 0 aromatic heterocycles. The molecule has 0 heterocycles. The Kier molecular flexibility index (Phi) is 4.25. The van der Waals surface area contributed by atoms with Gasteiger partial charge in [0.1, 0.15) is 6.61 Å². The van der Waals surface area contributed by atoms with Gasteiger partial charge in [0.2, 0.25) is 0 Å². The van der Waals surface area contributed by atoms with Crippen LogP contribution in [0.15, 0.2) is 48.5 Å². The maximum absolute atomic E-state index is 10.5. The predicted octanol–water partition coefficient (Wildman–Crippen LogP) is 3.01. The number of hydrogen-bond donors (Lipinski definition) is 1. The Labute approximate surface area is 118 Å². The third-order valence-electron chi connectivity index (χ3n) is 3.05. The number of nitrogens with zero attached hydrogens (tertiary/aromatic N) is 1. The largest absolute Gasteiger partial charge is 0.445 e. The van der Waals surface area contributed by atoms with Crippen LogP contribution in [0, 0.1) is 0 Å². The minimum atomic E-state index is -0.756. The van der Waals surface area contributed by atoms with Crippen molar-refractivity contribution >= 4 is 11.8 Å². The minimum Gasteiger partial charge on any atom is -0.445 e. The summed E-state index contributed by atoms with van der Waals surface area (Å²) >= 11 is 0. The van der Waals surface area contributed by atoms with Crippen LogP contribution in [-0.2, 0) is 11.3 Å². The summed E-state index contributed by atoms with van der Waals surface area (Å²) in [7, 11) is 4.03. The Morgan fingerprint density at radius 3 is 1.95 bits per heavy atom. The van der Waals surface area contributed by atoms with Gasteiger partial charge in [0.15, 0.2) is 0 Å². The number of carbonyl (C=O) groups is 1. The third kappa shape index (κ3) is 3.51. The van der Waals surface area contributed by atoms with E-state index in [0.29, 0.717) is 0 Å². The van der Waals surface area contributed by atoms with Crippen molar-refractivity contribution in [1.82, 2.24) is 0 Å². The quantitative estimate of drug-likeness (QED) is 0.929. The van der Waals surface area contributed by atoms with Crippen LogP contribution in [0.3, 0.4) is 0 Å². The highest BCUT2D eigenvalue weighted by atomic mass is 16.5. The molecule has 0 aliphatic carbocycles. The van der Waals surface area contributed by atoms with Crippen molar-refractivity contribution < 1.29 is 9.53 Å². The molecule has 1 amide bonds. The standard InChI is InChI=1S/C16H18N2O2/c1-18(2)15-9-7-14(8-10-15)13-5-3-12(4-6-13)11-20-16(17)19/h3-10H,11H2,1-2H3,(H2,17,19). The highest BCUT2D eigenvalue weighted by Gasteiger charge is 2.01. The van der Waals surface area contributed by atoms with Gasteiger partial charge in [-0.1, -0.05) is 36.4 Å². The number of amides is 1. The zero-order valence-electron chi connectivity index (χ0n) is 11.7. The van der Waals surface area contributed by atoms with Gasteiger partial charge in [-0.25, -0.2) is 4.79 Å². The molecule has 20 heavy (non-hydrogen) atoms. The molecule has 0 radical (unpaired) electrons. The first-order chi connectivity index (χ1) is 9.56. The Balaban J connectivity index is 2.11.